The topological polar surface area (TPSA) is 82.5 Å². The van der Waals surface area contributed by atoms with Crippen molar-refractivity contribution in [1.82, 2.24) is 25.2 Å². The Labute approximate surface area is 116 Å². The Balaban J connectivity index is 1.90. The average Bonchev–Trinajstić information content (AvgIpc) is 2.98. The van der Waals surface area contributed by atoms with Gasteiger partial charge in [0.1, 0.15) is 0 Å². The molecule has 1 atom stereocenters. The van der Waals surface area contributed by atoms with E-state index in [1.54, 1.807) is 6.20 Å². The fourth-order valence-corrected chi connectivity index (χ4v) is 1.80. The second-order valence-corrected chi connectivity index (χ2v) is 4.51. The van der Waals surface area contributed by atoms with Gasteiger partial charge in [-0.3, -0.25) is 0 Å². The summed E-state index contributed by atoms with van der Waals surface area (Å²) in [5.41, 5.74) is 7.68. The van der Waals surface area contributed by atoms with Crippen LogP contribution >= 0.6 is 0 Å². The molecule has 1 aromatic carbocycles. The van der Waals surface area contributed by atoms with Crippen molar-refractivity contribution in [3.8, 4) is 17.2 Å². The first-order valence-electron chi connectivity index (χ1n) is 6.31. The van der Waals surface area contributed by atoms with Crippen LogP contribution in [0.4, 0.5) is 0 Å². The van der Waals surface area contributed by atoms with Crippen LogP contribution in [0.25, 0.3) is 17.2 Å². The highest BCUT2D eigenvalue weighted by molar-refractivity contribution is 5.53. The Morgan fingerprint density at radius 1 is 1.10 bits per heavy atom. The molecule has 0 bridgehead atoms. The van der Waals surface area contributed by atoms with Gasteiger partial charge in [-0.2, -0.15) is 0 Å². The minimum absolute atomic E-state index is 0.0415. The molecular formula is C14H14N6. The summed E-state index contributed by atoms with van der Waals surface area (Å²) in [7, 11) is 0. The zero-order chi connectivity index (χ0) is 13.9. The molecule has 2 heterocycles. The third-order valence-corrected chi connectivity index (χ3v) is 2.95. The van der Waals surface area contributed by atoms with Crippen molar-refractivity contribution in [2.24, 2.45) is 5.73 Å². The molecule has 0 unspecified atom stereocenters. The maximum Gasteiger partial charge on any atom is 0.205 e. The van der Waals surface area contributed by atoms with Crippen molar-refractivity contribution in [3.63, 3.8) is 0 Å². The predicted molar refractivity (Wildman–Crippen MR) is 75.0 cm³/mol. The van der Waals surface area contributed by atoms with Crippen LogP contribution in [0.3, 0.4) is 0 Å². The molecule has 6 nitrogen and oxygen atoms in total. The third kappa shape index (κ3) is 2.41. The Morgan fingerprint density at radius 3 is 2.55 bits per heavy atom. The van der Waals surface area contributed by atoms with Crippen molar-refractivity contribution in [2.75, 3.05) is 0 Å². The van der Waals surface area contributed by atoms with Crippen LogP contribution < -0.4 is 5.73 Å². The van der Waals surface area contributed by atoms with Crippen LogP contribution in [0.2, 0.25) is 0 Å². The van der Waals surface area contributed by atoms with Crippen LogP contribution in [0.5, 0.6) is 0 Å². The number of benzene rings is 1. The maximum absolute atomic E-state index is 5.79. The zero-order valence-corrected chi connectivity index (χ0v) is 11.0. The van der Waals surface area contributed by atoms with Crippen LogP contribution in [-0.2, 0) is 0 Å². The van der Waals surface area contributed by atoms with Crippen LogP contribution in [-0.4, -0.2) is 25.2 Å². The number of hydrogen-bond acceptors (Lipinski definition) is 5. The van der Waals surface area contributed by atoms with Gasteiger partial charge in [0.2, 0.25) is 5.82 Å². The summed E-state index contributed by atoms with van der Waals surface area (Å²) in [5, 5.41) is 12.4. The summed E-state index contributed by atoms with van der Waals surface area (Å²) >= 11 is 0. The van der Waals surface area contributed by atoms with E-state index in [4.69, 9.17) is 5.73 Å². The Bertz CT molecular complexity index is 687. The van der Waals surface area contributed by atoms with Gasteiger partial charge < -0.3 is 5.73 Å². The van der Waals surface area contributed by atoms with E-state index in [0.29, 0.717) is 11.6 Å². The second-order valence-electron chi connectivity index (χ2n) is 4.51. The number of nitrogens with zero attached hydrogens (tertiary/aromatic N) is 5. The molecular weight excluding hydrogens is 252 g/mol. The highest BCUT2D eigenvalue weighted by Gasteiger charge is 2.08. The van der Waals surface area contributed by atoms with Gasteiger partial charge in [-0.15, -0.1) is 15.0 Å². The number of rotatable bonds is 3. The lowest BCUT2D eigenvalue weighted by Gasteiger charge is -2.04. The zero-order valence-electron chi connectivity index (χ0n) is 11.0. The van der Waals surface area contributed by atoms with Gasteiger partial charge in [0.15, 0.2) is 5.82 Å². The fourth-order valence-electron chi connectivity index (χ4n) is 1.80. The number of tetrazole rings is 1. The molecule has 100 valence electrons. The average molecular weight is 266 g/mol. The first kappa shape index (κ1) is 12.4. The van der Waals surface area contributed by atoms with E-state index < -0.39 is 0 Å². The normalized spacial score (nSPS) is 12.3. The molecule has 0 aliphatic carbocycles. The van der Waals surface area contributed by atoms with Gasteiger partial charge in [0.05, 0.1) is 0 Å². The second kappa shape index (κ2) is 5.18. The van der Waals surface area contributed by atoms with Crippen LogP contribution in [0.1, 0.15) is 18.5 Å². The first-order valence-corrected chi connectivity index (χ1v) is 6.31. The van der Waals surface area contributed by atoms with Crippen molar-refractivity contribution in [1.29, 1.82) is 0 Å². The lowest BCUT2D eigenvalue weighted by molar-refractivity contribution is 0.697. The van der Waals surface area contributed by atoms with E-state index in [2.05, 4.69) is 20.4 Å². The van der Waals surface area contributed by atoms with Crippen molar-refractivity contribution >= 4 is 0 Å². The summed E-state index contributed by atoms with van der Waals surface area (Å²) in [4.78, 5) is 5.71. The summed E-state index contributed by atoms with van der Waals surface area (Å²) < 4.78 is 0. The largest absolute Gasteiger partial charge is 0.324 e. The highest BCUT2D eigenvalue weighted by atomic mass is 15.6. The minimum atomic E-state index is -0.0415. The lowest BCUT2D eigenvalue weighted by atomic mass is 10.2. The van der Waals surface area contributed by atoms with E-state index >= 15 is 0 Å². The molecule has 0 saturated heterocycles. The maximum atomic E-state index is 5.79. The van der Waals surface area contributed by atoms with Gasteiger partial charge >= 0.3 is 0 Å². The number of nitrogens with two attached hydrogens (primary N) is 1. The highest BCUT2D eigenvalue weighted by Crippen LogP contribution is 2.14. The quantitative estimate of drug-likeness (QED) is 0.780. The lowest BCUT2D eigenvalue weighted by Crippen LogP contribution is -2.07. The molecule has 2 N–H and O–H groups in total. The van der Waals surface area contributed by atoms with Gasteiger partial charge in [0.25, 0.3) is 0 Å². The molecule has 3 aromatic rings. The van der Waals surface area contributed by atoms with Crippen molar-refractivity contribution in [2.45, 2.75) is 13.0 Å². The Hall–Kier alpha value is -2.60. The fraction of sp³-hybridized carbons (Fsp3) is 0.143. The number of pyridine rings is 1. The SMILES string of the molecule is C[C@H](N)c1ccc(-n2nnc(-c3ccccc3)n2)nc1. The molecule has 0 fully saturated rings. The Kier molecular flexibility index (Phi) is 3.22. The molecule has 0 radical (unpaired) electrons. The van der Waals surface area contributed by atoms with E-state index in [-0.39, 0.29) is 6.04 Å². The van der Waals surface area contributed by atoms with E-state index in [1.807, 2.05) is 49.4 Å². The summed E-state index contributed by atoms with van der Waals surface area (Å²) in [6, 6.07) is 13.4. The molecule has 0 amide bonds. The Morgan fingerprint density at radius 2 is 1.90 bits per heavy atom. The summed E-state index contributed by atoms with van der Waals surface area (Å²) in [5.74, 6) is 1.19. The molecule has 0 saturated carbocycles. The molecule has 6 heteroatoms. The standard InChI is InChI=1S/C14H14N6/c1-10(15)12-7-8-13(16-9-12)20-18-14(17-19-20)11-5-3-2-4-6-11/h2-10H,15H2,1H3/t10-/m0/s1. The predicted octanol–water partition coefficient (Wildman–Crippen LogP) is 1.74. The van der Waals surface area contributed by atoms with Crippen molar-refractivity contribution in [3.05, 3.63) is 54.2 Å². The molecule has 2 aromatic heterocycles. The molecule has 0 aliphatic rings. The number of hydrogen-bond donors (Lipinski definition) is 1. The van der Waals surface area contributed by atoms with E-state index in [9.17, 15) is 0 Å². The number of aromatic nitrogens is 5. The van der Waals surface area contributed by atoms with Crippen molar-refractivity contribution < 1.29 is 0 Å². The van der Waals surface area contributed by atoms with Crippen LogP contribution in [0, 0.1) is 0 Å². The van der Waals surface area contributed by atoms with Gasteiger partial charge in [0, 0.05) is 17.8 Å². The molecule has 3 rings (SSSR count). The van der Waals surface area contributed by atoms with Crippen LogP contribution in [0.15, 0.2) is 48.7 Å². The third-order valence-electron chi connectivity index (χ3n) is 2.95. The van der Waals surface area contributed by atoms with E-state index in [1.165, 1.54) is 4.80 Å². The van der Waals surface area contributed by atoms with E-state index in [0.717, 1.165) is 11.1 Å². The van der Waals surface area contributed by atoms with Gasteiger partial charge in [-0.1, -0.05) is 36.4 Å². The monoisotopic (exact) mass is 266 g/mol. The smallest absolute Gasteiger partial charge is 0.205 e. The minimum Gasteiger partial charge on any atom is -0.324 e. The molecule has 0 aliphatic heterocycles. The first-order chi connectivity index (χ1) is 9.74. The summed E-state index contributed by atoms with van der Waals surface area (Å²) in [6.07, 6.45) is 1.73. The molecule has 0 spiro atoms. The van der Waals surface area contributed by atoms with Gasteiger partial charge in [-0.25, -0.2) is 4.98 Å². The summed E-state index contributed by atoms with van der Waals surface area (Å²) in [6.45, 7) is 1.91. The molecule has 20 heavy (non-hydrogen) atoms. The van der Waals surface area contributed by atoms with Gasteiger partial charge in [-0.05, 0) is 23.8 Å².